The van der Waals surface area contributed by atoms with Crippen molar-refractivity contribution in [2.45, 2.75) is 12.8 Å². The maximum atomic E-state index is 13.4. The third-order valence-corrected chi connectivity index (χ3v) is 6.62. The summed E-state index contributed by atoms with van der Waals surface area (Å²) >= 11 is 12.2. The third kappa shape index (κ3) is 4.94. The molecular formula is C31H22Cl2N2O. The van der Waals surface area contributed by atoms with Gasteiger partial charge in [0.1, 0.15) is 5.71 Å². The lowest BCUT2D eigenvalue weighted by molar-refractivity contribution is 0.0986. The molecule has 176 valence electrons. The summed E-state index contributed by atoms with van der Waals surface area (Å²) in [6, 6.07) is 32.5. The smallest absolute Gasteiger partial charge is 0.175 e. The molecule has 0 spiro atoms. The first-order chi connectivity index (χ1) is 17.5. The maximum Gasteiger partial charge on any atom is 0.175 e. The van der Waals surface area contributed by atoms with Gasteiger partial charge in [-0.25, -0.2) is 0 Å². The van der Waals surface area contributed by atoms with Gasteiger partial charge in [0.15, 0.2) is 5.78 Å². The monoisotopic (exact) mass is 508 g/mol. The summed E-state index contributed by atoms with van der Waals surface area (Å²) in [4.78, 5) is 13.4. The first-order valence-corrected chi connectivity index (χ1v) is 12.3. The van der Waals surface area contributed by atoms with Crippen molar-refractivity contribution in [3.05, 3.63) is 147 Å². The van der Waals surface area contributed by atoms with Gasteiger partial charge in [0.2, 0.25) is 0 Å². The Balaban J connectivity index is 1.59. The van der Waals surface area contributed by atoms with Crippen molar-refractivity contribution in [3.8, 4) is 0 Å². The lowest BCUT2D eigenvalue weighted by Crippen LogP contribution is -2.07. The number of hydrogen-bond acceptors (Lipinski definition) is 3. The van der Waals surface area contributed by atoms with Crippen LogP contribution >= 0.6 is 23.2 Å². The lowest BCUT2D eigenvalue weighted by atomic mass is 9.90. The molecule has 1 aliphatic carbocycles. The van der Waals surface area contributed by atoms with Gasteiger partial charge in [-0.1, -0.05) is 102 Å². The largest absolute Gasteiger partial charge is 0.293 e. The predicted molar refractivity (Wildman–Crippen MR) is 150 cm³/mol. The van der Waals surface area contributed by atoms with Crippen LogP contribution in [0.2, 0.25) is 10.0 Å². The van der Waals surface area contributed by atoms with Crippen LogP contribution in [0.4, 0.5) is 0 Å². The number of ketones is 1. The van der Waals surface area contributed by atoms with Crippen LogP contribution in [0.15, 0.2) is 119 Å². The highest BCUT2D eigenvalue weighted by molar-refractivity contribution is 6.31. The minimum Gasteiger partial charge on any atom is -0.293 e. The Kier molecular flexibility index (Phi) is 6.95. The van der Waals surface area contributed by atoms with Crippen LogP contribution in [0.3, 0.4) is 0 Å². The van der Waals surface area contributed by atoms with Crippen molar-refractivity contribution in [2.75, 3.05) is 0 Å². The number of carbonyl (C=O) groups is 1. The van der Waals surface area contributed by atoms with E-state index in [4.69, 9.17) is 23.2 Å². The number of Topliss-reactive ketones (excluding diaryl/α,β-unsaturated/α-hetero) is 1. The molecule has 36 heavy (non-hydrogen) atoms. The van der Waals surface area contributed by atoms with Crippen LogP contribution in [-0.2, 0) is 0 Å². The molecular weight excluding hydrogens is 487 g/mol. The fraction of sp³-hybridized carbons (Fsp3) is 0.0645. The fourth-order valence-corrected chi connectivity index (χ4v) is 4.67. The summed E-state index contributed by atoms with van der Waals surface area (Å²) < 4.78 is 0. The van der Waals surface area contributed by atoms with Crippen LogP contribution < -0.4 is 0 Å². The summed E-state index contributed by atoms with van der Waals surface area (Å²) in [5.74, 6) is -0.271. The molecule has 1 unspecified atom stereocenters. The van der Waals surface area contributed by atoms with E-state index in [1.807, 2.05) is 116 Å². The minimum absolute atomic E-state index is 0.0994. The number of carbonyl (C=O) groups excluding carboxylic acids is 1. The zero-order valence-electron chi connectivity index (χ0n) is 19.5. The zero-order valence-corrected chi connectivity index (χ0v) is 21.0. The number of rotatable bonds is 5. The zero-order chi connectivity index (χ0) is 25.1. The molecule has 0 amide bonds. The summed E-state index contributed by atoms with van der Waals surface area (Å²) in [7, 11) is 0. The van der Waals surface area contributed by atoms with Gasteiger partial charge in [0.05, 0.1) is 11.6 Å². The van der Waals surface area contributed by atoms with Crippen molar-refractivity contribution in [2.24, 2.45) is 10.2 Å². The molecule has 5 heteroatoms. The van der Waals surface area contributed by atoms with Gasteiger partial charge in [-0.05, 0) is 54.0 Å². The summed E-state index contributed by atoms with van der Waals surface area (Å²) in [5, 5.41) is 10.5. The Hall–Kier alpha value is -3.79. The summed E-state index contributed by atoms with van der Waals surface area (Å²) in [6.07, 6.45) is 1.96. The van der Waals surface area contributed by atoms with E-state index in [1.54, 1.807) is 0 Å². The topological polar surface area (TPSA) is 41.8 Å². The standard InChI is InChI=1S/C31H22Cl2N2O/c1-20(34-35-30(22-11-15-24(32)16-12-22)23-13-17-25(33)18-14-23)19-28-26-9-5-6-10-27(26)31(36)29(28)21-7-3-2-4-8-21/h2-19,29H,1H3/b28-19+,34-20-. The molecule has 0 bridgehead atoms. The van der Waals surface area contributed by atoms with Crippen LogP contribution in [0, 0.1) is 0 Å². The van der Waals surface area contributed by atoms with Gasteiger partial charge in [-0.2, -0.15) is 5.10 Å². The van der Waals surface area contributed by atoms with Crippen LogP contribution in [-0.4, -0.2) is 17.2 Å². The van der Waals surface area contributed by atoms with Gasteiger partial charge < -0.3 is 0 Å². The Labute approximate surface area is 220 Å². The molecule has 1 atom stereocenters. The summed E-state index contributed by atoms with van der Waals surface area (Å²) in [6.45, 7) is 1.89. The van der Waals surface area contributed by atoms with E-state index in [-0.39, 0.29) is 11.7 Å². The van der Waals surface area contributed by atoms with E-state index in [1.165, 1.54) is 0 Å². The fourth-order valence-electron chi connectivity index (χ4n) is 4.42. The SMILES string of the molecule is CC(/C=C1\c2ccccc2C(=O)C1c1ccccc1)=N/N=C(c1ccc(Cl)cc1)c1ccc(Cl)cc1. The summed E-state index contributed by atoms with van der Waals surface area (Å²) in [5.41, 5.74) is 6.72. The second-order valence-electron chi connectivity index (χ2n) is 8.56. The van der Waals surface area contributed by atoms with Gasteiger partial charge in [-0.3, -0.25) is 4.79 Å². The average Bonchev–Trinajstić information content (AvgIpc) is 3.18. The Bertz CT molecular complexity index is 1460. The van der Waals surface area contributed by atoms with Crippen LogP contribution in [0.25, 0.3) is 5.57 Å². The second kappa shape index (κ2) is 10.4. The Morgan fingerprint density at radius 1 is 0.694 bits per heavy atom. The molecule has 0 saturated carbocycles. The molecule has 1 aliphatic rings. The molecule has 4 aromatic rings. The van der Waals surface area contributed by atoms with E-state index in [0.29, 0.717) is 21.5 Å². The first-order valence-electron chi connectivity index (χ1n) is 11.6. The highest BCUT2D eigenvalue weighted by Gasteiger charge is 2.35. The number of benzene rings is 4. The van der Waals surface area contributed by atoms with Crippen molar-refractivity contribution in [1.82, 2.24) is 0 Å². The van der Waals surface area contributed by atoms with Crippen molar-refractivity contribution >= 4 is 46.0 Å². The Morgan fingerprint density at radius 3 is 1.81 bits per heavy atom. The Morgan fingerprint density at radius 2 is 1.22 bits per heavy atom. The van der Waals surface area contributed by atoms with Crippen molar-refractivity contribution in [3.63, 3.8) is 0 Å². The normalized spacial score (nSPS) is 16.2. The van der Waals surface area contributed by atoms with Gasteiger partial charge >= 0.3 is 0 Å². The molecule has 0 radical (unpaired) electrons. The highest BCUT2D eigenvalue weighted by atomic mass is 35.5. The van der Waals surface area contributed by atoms with Gasteiger partial charge in [0.25, 0.3) is 0 Å². The second-order valence-corrected chi connectivity index (χ2v) is 9.43. The molecule has 0 fully saturated rings. The van der Waals surface area contributed by atoms with Crippen LogP contribution in [0.1, 0.15) is 45.5 Å². The number of hydrogen-bond donors (Lipinski definition) is 0. The molecule has 0 saturated heterocycles. The average molecular weight is 509 g/mol. The van der Waals surface area contributed by atoms with E-state index < -0.39 is 0 Å². The minimum atomic E-state index is -0.371. The first kappa shape index (κ1) is 23.9. The van der Waals surface area contributed by atoms with E-state index in [2.05, 4.69) is 10.2 Å². The van der Waals surface area contributed by atoms with E-state index in [9.17, 15) is 4.79 Å². The van der Waals surface area contributed by atoms with Crippen molar-refractivity contribution in [1.29, 1.82) is 0 Å². The number of halogens is 2. The van der Waals surface area contributed by atoms with Gasteiger partial charge in [0, 0.05) is 26.7 Å². The molecule has 0 aliphatic heterocycles. The third-order valence-electron chi connectivity index (χ3n) is 6.12. The van der Waals surface area contributed by atoms with E-state index in [0.717, 1.165) is 33.4 Å². The molecule has 5 rings (SSSR count). The molecule has 0 N–H and O–H groups in total. The molecule has 3 nitrogen and oxygen atoms in total. The van der Waals surface area contributed by atoms with Gasteiger partial charge in [-0.15, -0.1) is 5.10 Å². The predicted octanol–water partition coefficient (Wildman–Crippen LogP) is 8.27. The number of fused-ring (bicyclic) bond motifs is 1. The van der Waals surface area contributed by atoms with Crippen molar-refractivity contribution < 1.29 is 4.79 Å². The molecule has 4 aromatic carbocycles. The number of nitrogens with zero attached hydrogens (tertiary/aromatic N) is 2. The lowest BCUT2D eigenvalue weighted by Gasteiger charge is -2.12. The molecule has 0 heterocycles. The number of allylic oxidation sites excluding steroid dienone is 2. The highest BCUT2D eigenvalue weighted by Crippen LogP contribution is 2.43. The van der Waals surface area contributed by atoms with Crippen LogP contribution in [0.5, 0.6) is 0 Å². The van der Waals surface area contributed by atoms with E-state index >= 15 is 0 Å². The molecule has 0 aromatic heterocycles. The quantitative estimate of drug-likeness (QED) is 0.197. The maximum absolute atomic E-state index is 13.4.